The number of nitrogens with zero attached hydrogens (tertiary/aromatic N) is 1. The van der Waals surface area contributed by atoms with Crippen molar-refractivity contribution in [1.29, 1.82) is 0 Å². The Balaban J connectivity index is 2.41. The lowest BCUT2D eigenvalue weighted by molar-refractivity contribution is -0.274. The summed E-state index contributed by atoms with van der Waals surface area (Å²) in [6, 6.07) is 7.77. The van der Waals surface area contributed by atoms with Gasteiger partial charge < -0.3 is 9.84 Å². The maximum absolute atomic E-state index is 12.2. The third-order valence-electron chi connectivity index (χ3n) is 2.41. The van der Waals surface area contributed by atoms with E-state index >= 15 is 0 Å². The van der Waals surface area contributed by atoms with Gasteiger partial charge in [-0.05, 0) is 24.3 Å². The highest BCUT2D eigenvalue weighted by Gasteiger charge is 2.31. The number of benzene rings is 1. The molecule has 8 heteroatoms. The number of rotatable bonds is 3. The molecule has 0 unspecified atom stereocenters. The molecule has 2 rings (SSSR count). The third kappa shape index (κ3) is 3.85. The van der Waals surface area contributed by atoms with Crippen LogP contribution in [0, 0.1) is 0 Å². The fourth-order valence-electron chi connectivity index (χ4n) is 1.61. The van der Waals surface area contributed by atoms with Gasteiger partial charge in [-0.1, -0.05) is 23.7 Å². The number of hydrogen-bond acceptors (Lipinski definition) is 3. The van der Waals surface area contributed by atoms with Crippen molar-refractivity contribution in [3.8, 4) is 17.0 Å². The number of carboxylic acids is 1. The molecule has 110 valence electrons. The molecule has 0 spiro atoms. The monoisotopic (exact) mass is 317 g/mol. The number of ether oxygens (including phenoxy) is 1. The van der Waals surface area contributed by atoms with Crippen LogP contribution in [-0.4, -0.2) is 22.4 Å². The molecule has 0 amide bonds. The molecule has 21 heavy (non-hydrogen) atoms. The van der Waals surface area contributed by atoms with E-state index in [2.05, 4.69) is 9.72 Å². The van der Waals surface area contributed by atoms with Crippen molar-refractivity contribution in [2.24, 2.45) is 0 Å². The van der Waals surface area contributed by atoms with Gasteiger partial charge in [0.15, 0.2) is 5.69 Å². The summed E-state index contributed by atoms with van der Waals surface area (Å²) in [6.45, 7) is 0. The fourth-order valence-corrected chi connectivity index (χ4v) is 1.79. The average molecular weight is 318 g/mol. The Morgan fingerprint density at radius 3 is 2.57 bits per heavy atom. The fraction of sp³-hybridized carbons (Fsp3) is 0.0769. The highest BCUT2D eigenvalue weighted by molar-refractivity contribution is 6.33. The molecule has 0 aliphatic carbocycles. The van der Waals surface area contributed by atoms with E-state index in [1.807, 2.05) is 0 Å². The second-order valence-electron chi connectivity index (χ2n) is 3.91. The van der Waals surface area contributed by atoms with E-state index in [0.29, 0.717) is 0 Å². The molecule has 4 nitrogen and oxygen atoms in total. The van der Waals surface area contributed by atoms with Gasteiger partial charge in [0.2, 0.25) is 0 Å². The number of pyridine rings is 1. The van der Waals surface area contributed by atoms with Gasteiger partial charge in [-0.25, -0.2) is 9.78 Å². The highest BCUT2D eigenvalue weighted by Crippen LogP contribution is 2.28. The van der Waals surface area contributed by atoms with Gasteiger partial charge in [0.25, 0.3) is 0 Å². The molecule has 0 saturated carbocycles. The number of halogens is 4. The summed E-state index contributed by atoms with van der Waals surface area (Å²) in [6.07, 6.45) is -4.81. The van der Waals surface area contributed by atoms with Crippen LogP contribution in [0.1, 0.15) is 10.5 Å². The first-order valence-corrected chi connectivity index (χ1v) is 5.90. The quantitative estimate of drug-likeness (QED) is 0.929. The zero-order valence-corrected chi connectivity index (χ0v) is 10.9. The lowest BCUT2D eigenvalue weighted by atomic mass is 10.1. The van der Waals surface area contributed by atoms with Crippen LogP contribution >= 0.6 is 11.6 Å². The molecule has 0 bridgehead atoms. The molecule has 0 fully saturated rings. The Kier molecular flexibility index (Phi) is 4.04. The molecule has 0 aliphatic rings. The number of alkyl halides is 3. The second-order valence-corrected chi connectivity index (χ2v) is 4.31. The van der Waals surface area contributed by atoms with Gasteiger partial charge >= 0.3 is 12.3 Å². The van der Waals surface area contributed by atoms with Crippen LogP contribution in [0.2, 0.25) is 5.02 Å². The number of aromatic carboxylic acids is 1. The van der Waals surface area contributed by atoms with Crippen molar-refractivity contribution >= 4 is 17.6 Å². The number of aromatic nitrogens is 1. The molecule has 1 N–H and O–H groups in total. The Hall–Kier alpha value is -2.28. The first kappa shape index (κ1) is 15.1. The van der Waals surface area contributed by atoms with Crippen molar-refractivity contribution in [2.75, 3.05) is 0 Å². The van der Waals surface area contributed by atoms with E-state index in [9.17, 15) is 18.0 Å². The van der Waals surface area contributed by atoms with E-state index in [4.69, 9.17) is 16.7 Å². The Morgan fingerprint density at radius 2 is 1.95 bits per heavy atom. The molecule has 2 aromatic rings. The van der Waals surface area contributed by atoms with E-state index in [1.165, 1.54) is 24.3 Å². The average Bonchev–Trinajstić information content (AvgIpc) is 2.37. The first-order chi connectivity index (χ1) is 9.76. The molecule has 0 saturated heterocycles. The van der Waals surface area contributed by atoms with Crippen molar-refractivity contribution in [2.45, 2.75) is 6.36 Å². The van der Waals surface area contributed by atoms with Crippen LogP contribution in [-0.2, 0) is 0 Å². The minimum Gasteiger partial charge on any atom is -0.476 e. The molecule has 1 aromatic heterocycles. The lowest BCUT2D eigenvalue weighted by Crippen LogP contribution is -2.17. The summed E-state index contributed by atoms with van der Waals surface area (Å²) >= 11 is 5.68. The summed E-state index contributed by atoms with van der Waals surface area (Å²) in [4.78, 5) is 14.8. The first-order valence-electron chi connectivity index (χ1n) is 5.52. The lowest BCUT2D eigenvalue weighted by Gasteiger charge is -2.10. The minimum atomic E-state index is -4.81. The molecular formula is C13H7ClF3NO3. The summed E-state index contributed by atoms with van der Waals surface area (Å²) in [5, 5.41) is 8.86. The van der Waals surface area contributed by atoms with Crippen LogP contribution < -0.4 is 4.74 Å². The molecule has 0 aliphatic heterocycles. The van der Waals surface area contributed by atoms with E-state index in [1.54, 1.807) is 0 Å². The maximum atomic E-state index is 12.2. The Labute approximate surface area is 121 Å². The van der Waals surface area contributed by atoms with Gasteiger partial charge in [-0.3, -0.25) is 0 Å². The molecule has 1 heterocycles. The zero-order chi connectivity index (χ0) is 15.6. The largest absolute Gasteiger partial charge is 0.573 e. The van der Waals surface area contributed by atoms with Crippen molar-refractivity contribution in [1.82, 2.24) is 4.98 Å². The van der Waals surface area contributed by atoms with Gasteiger partial charge in [0.1, 0.15) is 5.75 Å². The summed E-state index contributed by atoms with van der Waals surface area (Å²) < 4.78 is 40.3. The molecular weight excluding hydrogens is 311 g/mol. The SMILES string of the molecule is O=C(O)c1nc(-c2cccc(OC(F)(F)F)c2)ccc1Cl. The topological polar surface area (TPSA) is 59.4 Å². The van der Waals surface area contributed by atoms with Gasteiger partial charge in [0.05, 0.1) is 10.7 Å². The number of hydrogen-bond donors (Lipinski definition) is 1. The summed E-state index contributed by atoms with van der Waals surface area (Å²) in [7, 11) is 0. The van der Waals surface area contributed by atoms with Crippen LogP contribution in [0.5, 0.6) is 5.75 Å². The highest BCUT2D eigenvalue weighted by atomic mass is 35.5. The van der Waals surface area contributed by atoms with Crippen molar-refractivity contribution in [3.05, 3.63) is 47.1 Å². The van der Waals surface area contributed by atoms with E-state index in [-0.39, 0.29) is 22.0 Å². The van der Waals surface area contributed by atoms with Crippen LogP contribution in [0.3, 0.4) is 0 Å². The second kappa shape index (κ2) is 5.61. The maximum Gasteiger partial charge on any atom is 0.573 e. The van der Waals surface area contributed by atoms with Crippen LogP contribution in [0.4, 0.5) is 13.2 Å². The predicted molar refractivity (Wildman–Crippen MR) is 68.3 cm³/mol. The number of carbonyl (C=O) groups is 1. The van der Waals surface area contributed by atoms with Gasteiger partial charge in [-0.2, -0.15) is 0 Å². The van der Waals surface area contributed by atoms with Crippen molar-refractivity contribution in [3.63, 3.8) is 0 Å². The normalized spacial score (nSPS) is 11.2. The molecule has 0 atom stereocenters. The summed E-state index contributed by atoms with van der Waals surface area (Å²) in [5.74, 6) is -1.75. The number of carboxylic acid groups (broad SMARTS) is 1. The van der Waals surface area contributed by atoms with Crippen LogP contribution in [0.15, 0.2) is 36.4 Å². The van der Waals surface area contributed by atoms with E-state index in [0.717, 1.165) is 12.1 Å². The minimum absolute atomic E-state index is 0.0612. The molecule has 1 aromatic carbocycles. The Bertz CT molecular complexity index is 689. The third-order valence-corrected chi connectivity index (χ3v) is 2.72. The smallest absolute Gasteiger partial charge is 0.476 e. The van der Waals surface area contributed by atoms with Crippen molar-refractivity contribution < 1.29 is 27.8 Å². The van der Waals surface area contributed by atoms with Crippen LogP contribution in [0.25, 0.3) is 11.3 Å². The zero-order valence-electron chi connectivity index (χ0n) is 10.2. The standard InChI is InChI=1S/C13H7ClF3NO3/c14-9-4-5-10(18-11(9)12(19)20)7-2-1-3-8(6-7)21-13(15,16)17/h1-6H,(H,19,20). The Morgan fingerprint density at radius 1 is 1.24 bits per heavy atom. The van der Waals surface area contributed by atoms with Gasteiger partial charge in [-0.15, -0.1) is 13.2 Å². The molecule has 0 radical (unpaired) electrons. The summed E-state index contributed by atoms with van der Waals surface area (Å²) in [5.41, 5.74) is 0.0663. The van der Waals surface area contributed by atoms with E-state index < -0.39 is 18.1 Å². The van der Waals surface area contributed by atoms with Gasteiger partial charge in [0, 0.05) is 5.56 Å². The predicted octanol–water partition coefficient (Wildman–Crippen LogP) is 4.00.